The third-order valence-corrected chi connectivity index (χ3v) is 3.35. The lowest BCUT2D eigenvalue weighted by molar-refractivity contribution is 0.298. The molecule has 1 rings (SSSR count). The van der Waals surface area contributed by atoms with Crippen molar-refractivity contribution in [3.05, 3.63) is 23.8 Å². The summed E-state index contributed by atoms with van der Waals surface area (Å²) in [5, 5.41) is 3.34. The van der Waals surface area contributed by atoms with E-state index in [1.165, 1.54) is 31.2 Å². The first-order valence-corrected chi connectivity index (χ1v) is 7.82. The number of nitrogens with one attached hydrogen (secondary N) is 1. The number of rotatable bonds is 11. The van der Waals surface area contributed by atoms with Gasteiger partial charge >= 0.3 is 0 Å². The molecule has 0 amide bonds. The van der Waals surface area contributed by atoms with Gasteiger partial charge in [-0.3, -0.25) is 0 Å². The summed E-state index contributed by atoms with van der Waals surface area (Å²) < 4.78 is 11.2. The molecule has 1 aromatic rings. The van der Waals surface area contributed by atoms with Crippen molar-refractivity contribution in [2.75, 3.05) is 20.3 Å². The third-order valence-electron chi connectivity index (χ3n) is 3.35. The Balaban J connectivity index is 2.47. The van der Waals surface area contributed by atoms with Crippen molar-refractivity contribution in [2.24, 2.45) is 0 Å². The van der Waals surface area contributed by atoms with E-state index in [2.05, 4.69) is 25.2 Å². The summed E-state index contributed by atoms with van der Waals surface area (Å²) in [6.07, 6.45) is 6.29. The van der Waals surface area contributed by atoms with Crippen LogP contribution in [0.25, 0.3) is 0 Å². The van der Waals surface area contributed by atoms with Crippen LogP contribution in [0, 0.1) is 0 Å². The Labute approximate surface area is 123 Å². The van der Waals surface area contributed by atoms with Crippen molar-refractivity contribution < 1.29 is 9.47 Å². The van der Waals surface area contributed by atoms with Crippen LogP contribution in [0.5, 0.6) is 11.5 Å². The largest absolute Gasteiger partial charge is 0.497 e. The maximum absolute atomic E-state index is 5.94. The molecule has 114 valence electrons. The number of benzene rings is 1. The molecule has 0 fully saturated rings. The smallest absolute Gasteiger partial charge is 0.127 e. The van der Waals surface area contributed by atoms with Gasteiger partial charge in [-0.05, 0) is 19.0 Å². The predicted octanol–water partition coefficient (Wildman–Crippen LogP) is 4.15. The minimum Gasteiger partial charge on any atom is -0.497 e. The highest BCUT2D eigenvalue weighted by Gasteiger charge is 2.05. The first kappa shape index (κ1) is 16.8. The number of hydrogen-bond donors (Lipinski definition) is 1. The second-order valence-electron chi connectivity index (χ2n) is 5.02. The highest BCUT2D eigenvalue weighted by atomic mass is 16.5. The quantitative estimate of drug-likeness (QED) is 0.617. The molecule has 0 aliphatic carbocycles. The van der Waals surface area contributed by atoms with E-state index in [0.29, 0.717) is 0 Å². The van der Waals surface area contributed by atoms with Gasteiger partial charge in [0, 0.05) is 18.2 Å². The molecule has 3 nitrogen and oxygen atoms in total. The van der Waals surface area contributed by atoms with Gasteiger partial charge in [-0.15, -0.1) is 0 Å². The fourth-order valence-corrected chi connectivity index (χ4v) is 2.09. The van der Waals surface area contributed by atoms with Crippen molar-refractivity contribution in [3.63, 3.8) is 0 Å². The van der Waals surface area contributed by atoms with Crippen LogP contribution in [0.1, 0.15) is 51.5 Å². The lowest BCUT2D eigenvalue weighted by Crippen LogP contribution is -2.13. The molecule has 0 aliphatic rings. The summed E-state index contributed by atoms with van der Waals surface area (Å²) in [7, 11) is 1.69. The van der Waals surface area contributed by atoms with E-state index in [-0.39, 0.29) is 0 Å². The van der Waals surface area contributed by atoms with Crippen LogP contribution in [0.4, 0.5) is 0 Å². The van der Waals surface area contributed by atoms with Crippen LogP contribution in [0.2, 0.25) is 0 Å². The Morgan fingerprint density at radius 2 is 1.85 bits per heavy atom. The van der Waals surface area contributed by atoms with Gasteiger partial charge in [0.2, 0.25) is 0 Å². The number of hydrogen-bond acceptors (Lipinski definition) is 3. The maximum Gasteiger partial charge on any atom is 0.127 e. The molecule has 0 aromatic heterocycles. The van der Waals surface area contributed by atoms with E-state index in [1.807, 2.05) is 12.1 Å². The van der Waals surface area contributed by atoms with Gasteiger partial charge in [0.25, 0.3) is 0 Å². The van der Waals surface area contributed by atoms with Crippen molar-refractivity contribution in [1.29, 1.82) is 0 Å². The topological polar surface area (TPSA) is 30.5 Å². The van der Waals surface area contributed by atoms with Gasteiger partial charge in [0.1, 0.15) is 11.5 Å². The number of unbranched alkanes of at least 4 members (excludes halogenated alkanes) is 4. The molecule has 0 saturated heterocycles. The van der Waals surface area contributed by atoms with E-state index in [1.54, 1.807) is 7.11 Å². The summed E-state index contributed by atoms with van der Waals surface area (Å²) in [4.78, 5) is 0. The highest BCUT2D eigenvalue weighted by molar-refractivity contribution is 5.40. The van der Waals surface area contributed by atoms with E-state index in [4.69, 9.17) is 9.47 Å². The second kappa shape index (κ2) is 10.6. The zero-order chi connectivity index (χ0) is 14.6. The molecule has 3 heteroatoms. The predicted molar refractivity (Wildman–Crippen MR) is 84.6 cm³/mol. The first-order valence-electron chi connectivity index (χ1n) is 7.82. The minimum atomic E-state index is 0.788. The summed E-state index contributed by atoms with van der Waals surface area (Å²) >= 11 is 0. The van der Waals surface area contributed by atoms with E-state index >= 15 is 0 Å². The van der Waals surface area contributed by atoms with E-state index < -0.39 is 0 Å². The molecule has 1 aromatic carbocycles. The van der Waals surface area contributed by atoms with Gasteiger partial charge in [0.15, 0.2) is 0 Å². The SMILES string of the molecule is CCCCCCCOc1cc(OC)ccc1CNCC. The molecule has 0 heterocycles. The second-order valence-corrected chi connectivity index (χ2v) is 5.02. The Bertz CT molecular complexity index is 366. The molecule has 20 heavy (non-hydrogen) atoms. The monoisotopic (exact) mass is 279 g/mol. The highest BCUT2D eigenvalue weighted by Crippen LogP contribution is 2.25. The normalized spacial score (nSPS) is 10.6. The first-order chi connectivity index (χ1) is 9.81. The van der Waals surface area contributed by atoms with Crippen LogP contribution >= 0.6 is 0 Å². The average molecular weight is 279 g/mol. The molecular weight excluding hydrogens is 250 g/mol. The molecule has 0 unspecified atom stereocenters. The lowest BCUT2D eigenvalue weighted by Gasteiger charge is -2.13. The van der Waals surface area contributed by atoms with Crippen molar-refractivity contribution >= 4 is 0 Å². The summed E-state index contributed by atoms with van der Waals surface area (Å²) in [5.41, 5.74) is 1.20. The van der Waals surface area contributed by atoms with Gasteiger partial charge in [-0.25, -0.2) is 0 Å². The molecule has 0 atom stereocenters. The fourth-order valence-electron chi connectivity index (χ4n) is 2.09. The Morgan fingerprint density at radius 3 is 2.55 bits per heavy atom. The van der Waals surface area contributed by atoms with Crippen molar-refractivity contribution in [2.45, 2.75) is 52.5 Å². The minimum absolute atomic E-state index is 0.788. The maximum atomic E-state index is 5.94. The van der Waals surface area contributed by atoms with Gasteiger partial charge in [-0.2, -0.15) is 0 Å². The van der Waals surface area contributed by atoms with Crippen LogP contribution < -0.4 is 14.8 Å². The molecule has 0 aliphatic heterocycles. The van der Waals surface area contributed by atoms with Crippen LogP contribution in [-0.4, -0.2) is 20.3 Å². The zero-order valence-corrected chi connectivity index (χ0v) is 13.2. The van der Waals surface area contributed by atoms with Crippen LogP contribution in [-0.2, 0) is 6.54 Å². The Kier molecular flexibility index (Phi) is 8.88. The molecule has 0 spiro atoms. The van der Waals surface area contributed by atoms with Crippen LogP contribution in [0.15, 0.2) is 18.2 Å². The molecular formula is C17H29NO2. The lowest BCUT2D eigenvalue weighted by atomic mass is 10.1. The Hall–Kier alpha value is -1.22. The van der Waals surface area contributed by atoms with E-state index in [0.717, 1.165) is 37.6 Å². The fraction of sp³-hybridized carbons (Fsp3) is 0.647. The number of methoxy groups -OCH3 is 1. The summed E-state index contributed by atoms with van der Waals surface area (Å²) in [6, 6.07) is 6.05. The van der Waals surface area contributed by atoms with E-state index in [9.17, 15) is 0 Å². The van der Waals surface area contributed by atoms with Crippen LogP contribution in [0.3, 0.4) is 0 Å². The average Bonchev–Trinajstić information content (AvgIpc) is 2.49. The molecule has 1 N–H and O–H groups in total. The van der Waals surface area contributed by atoms with Crippen molar-refractivity contribution in [1.82, 2.24) is 5.32 Å². The summed E-state index contributed by atoms with van der Waals surface area (Å²) in [5.74, 6) is 1.80. The zero-order valence-electron chi connectivity index (χ0n) is 13.2. The van der Waals surface area contributed by atoms with Gasteiger partial charge in [-0.1, -0.05) is 45.6 Å². The molecule has 0 radical (unpaired) electrons. The van der Waals surface area contributed by atoms with Crippen molar-refractivity contribution in [3.8, 4) is 11.5 Å². The van der Waals surface area contributed by atoms with Gasteiger partial charge < -0.3 is 14.8 Å². The molecule has 0 bridgehead atoms. The number of ether oxygens (including phenoxy) is 2. The third kappa shape index (κ3) is 6.29. The van der Waals surface area contributed by atoms with Gasteiger partial charge in [0.05, 0.1) is 13.7 Å². The summed E-state index contributed by atoms with van der Waals surface area (Å²) in [6.45, 7) is 6.93. The molecule has 0 saturated carbocycles. The standard InChI is InChI=1S/C17H29NO2/c1-4-6-7-8-9-12-20-17-13-16(19-3)11-10-15(17)14-18-5-2/h10-11,13,18H,4-9,12,14H2,1-3H3. The Morgan fingerprint density at radius 1 is 1.05 bits per heavy atom.